The van der Waals surface area contributed by atoms with E-state index in [-0.39, 0.29) is 10.0 Å². The van der Waals surface area contributed by atoms with E-state index in [9.17, 15) is 4.79 Å². The van der Waals surface area contributed by atoms with Gasteiger partial charge in [-0.15, -0.1) is 0 Å². The second-order valence-electron chi connectivity index (χ2n) is 5.21. The summed E-state index contributed by atoms with van der Waals surface area (Å²) in [4.78, 5) is 17.6. The molecule has 3 rings (SSSR count). The van der Waals surface area contributed by atoms with Crippen molar-refractivity contribution in [3.8, 4) is 0 Å². The molecular weight excluding hydrogens is 272 g/mol. The molecule has 2 aliphatic carbocycles. The van der Waals surface area contributed by atoms with Gasteiger partial charge in [0.05, 0.1) is 0 Å². The summed E-state index contributed by atoms with van der Waals surface area (Å²) in [6, 6.07) is 0. The van der Waals surface area contributed by atoms with Crippen molar-refractivity contribution >= 4 is 34.0 Å². The molecule has 0 saturated heterocycles. The fourth-order valence-electron chi connectivity index (χ4n) is 2.01. The van der Waals surface area contributed by atoms with Gasteiger partial charge in [-0.25, -0.2) is 9.78 Å². The zero-order valence-corrected chi connectivity index (χ0v) is 11.5. The lowest BCUT2D eigenvalue weighted by atomic mass is 10.3. The van der Waals surface area contributed by atoms with E-state index in [1.807, 2.05) is 0 Å². The minimum atomic E-state index is -0.985. The smallest absolute Gasteiger partial charge is 0.349 e. The summed E-state index contributed by atoms with van der Waals surface area (Å²) in [5.41, 5.74) is 0. The van der Waals surface area contributed by atoms with Gasteiger partial charge in [-0.3, -0.25) is 0 Å². The summed E-state index contributed by atoms with van der Waals surface area (Å²) in [6.07, 6.45) is 5.14. The minimum absolute atomic E-state index is 0.124. The highest BCUT2D eigenvalue weighted by atomic mass is 35.5. The molecule has 0 unspecified atom stereocenters. The first kappa shape index (κ1) is 12.2. The SMILES string of the molecule is O=C(O)c1sc(N(CC2CC2)CC2CC2)nc1Cl. The van der Waals surface area contributed by atoms with E-state index in [0.717, 1.165) is 30.1 Å². The van der Waals surface area contributed by atoms with Crippen LogP contribution in [0.2, 0.25) is 5.15 Å². The van der Waals surface area contributed by atoms with E-state index >= 15 is 0 Å². The average Bonchev–Trinajstić information content (AvgIpc) is 3.21. The summed E-state index contributed by atoms with van der Waals surface area (Å²) >= 11 is 7.08. The van der Waals surface area contributed by atoms with Gasteiger partial charge < -0.3 is 10.0 Å². The number of rotatable bonds is 6. The number of nitrogens with zero attached hydrogens (tertiary/aromatic N) is 2. The first-order valence-corrected chi connectivity index (χ1v) is 7.47. The first-order chi connectivity index (χ1) is 8.63. The molecule has 0 amide bonds. The number of carboxylic acids is 1. The zero-order chi connectivity index (χ0) is 12.7. The molecule has 0 radical (unpaired) electrons. The van der Waals surface area contributed by atoms with Crippen LogP contribution in [0.5, 0.6) is 0 Å². The molecule has 1 aromatic heterocycles. The quantitative estimate of drug-likeness (QED) is 0.873. The van der Waals surface area contributed by atoms with Crippen molar-refractivity contribution in [2.75, 3.05) is 18.0 Å². The van der Waals surface area contributed by atoms with Crippen LogP contribution in [0.25, 0.3) is 0 Å². The molecule has 0 atom stereocenters. The Morgan fingerprint density at radius 2 is 1.89 bits per heavy atom. The summed E-state index contributed by atoms with van der Waals surface area (Å²) in [5.74, 6) is 0.543. The number of aromatic nitrogens is 1. The second kappa shape index (κ2) is 4.70. The van der Waals surface area contributed by atoms with Crippen LogP contribution in [0.4, 0.5) is 5.13 Å². The maximum Gasteiger partial charge on any atom is 0.349 e. The van der Waals surface area contributed by atoms with Crippen LogP contribution in [0.1, 0.15) is 35.4 Å². The van der Waals surface area contributed by atoms with Gasteiger partial charge in [0.1, 0.15) is 0 Å². The van der Waals surface area contributed by atoms with Crippen molar-refractivity contribution in [3.63, 3.8) is 0 Å². The van der Waals surface area contributed by atoms with E-state index in [4.69, 9.17) is 16.7 Å². The van der Waals surface area contributed by atoms with Crippen LogP contribution in [0.3, 0.4) is 0 Å². The maximum absolute atomic E-state index is 11.0. The fraction of sp³-hybridized carbons (Fsp3) is 0.667. The zero-order valence-electron chi connectivity index (χ0n) is 9.93. The van der Waals surface area contributed by atoms with Crippen LogP contribution >= 0.6 is 22.9 Å². The molecule has 2 fully saturated rings. The molecule has 0 bridgehead atoms. The molecule has 18 heavy (non-hydrogen) atoms. The van der Waals surface area contributed by atoms with Gasteiger partial charge in [0.2, 0.25) is 0 Å². The Hall–Kier alpha value is -0.810. The Morgan fingerprint density at radius 3 is 2.28 bits per heavy atom. The van der Waals surface area contributed by atoms with E-state index in [2.05, 4.69) is 9.88 Å². The molecule has 2 aliphatic rings. The largest absolute Gasteiger partial charge is 0.477 e. The molecule has 98 valence electrons. The standard InChI is InChI=1S/C12H15ClN2O2S/c13-10-9(11(16)17)18-12(14-10)15(5-7-1-2-7)6-8-3-4-8/h7-8H,1-6H2,(H,16,17). The Kier molecular flexibility index (Phi) is 3.20. The molecule has 1 N–H and O–H groups in total. The summed E-state index contributed by atoms with van der Waals surface area (Å²) < 4.78 is 0. The summed E-state index contributed by atoms with van der Waals surface area (Å²) in [5, 5.41) is 9.92. The van der Waals surface area contributed by atoms with E-state index in [1.54, 1.807) is 0 Å². The second-order valence-corrected chi connectivity index (χ2v) is 6.55. The Labute approximate surface area is 115 Å². The topological polar surface area (TPSA) is 53.4 Å². The van der Waals surface area contributed by atoms with E-state index in [1.165, 1.54) is 37.0 Å². The van der Waals surface area contributed by atoms with Crippen molar-refractivity contribution in [1.29, 1.82) is 0 Å². The Balaban J connectivity index is 1.78. The van der Waals surface area contributed by atoms with Crippen LogP contribution < -0.4 is 4.90 Å². The van der Waals surface area contributed by atoms with Crippen LogP contribution in [0.15, 0.2) is 0 Å². The minimum Gasteiger partial charge on any atom is -0.477 e. The van der Waals surface area contributed by atoms with Gasteiger partial charge >= 0.3 is 5.97 Å². The Morgan fingerprint density at radius 1 is 1.33 bits per heavy atom. The van der Waals surface area contributed by atoms with Gasteiger partial charge in [0, 0.05) is 13.1 Å². The number of thiazole rings is 1. The van der Waals surface area contributed by atoms with Gasteiger partial charge in [0.15, 0.2) is 15.2 Å². The van der Waals surface area contributed by atoms with Gasteiger partial charge in [-0.1, -0.05) is 22.9 Å². The number of carboxylic acid groups (broad SMARTS) is 1. The van der Waals surface area contributed by atoms with Crippen LogP contribution in [-0.4, -0.2) is 29.1 Å². The van der Waals surface area contributed by atoms with E-state index < -0.39 is 5.97 Å². The highest BCUT2D eigenvalue weighted by Crippen LogP contribution is 2.38. The third-order valence-electron chi connectivity index (χ3n) is 3.39. The Bertz CT molecular complexity index is 455. The number of hydrogen-bond donors (Lipinski definition) is 1. The number of anilines is 1. The van der Waals surface area contributed by atoms with Crippen LogP contribution in [0, 0.1) is 11.8 Å². The maximum atomic E-state index is 11.0. The molecule has 0 aliphatic heterocycles. The summed E-state index contributed by atoms with van der Waals surface area (Å²) in [6.45, 7) is 2.00. The molecule has 0 spiro atoms. The van der Waals surface area contributed by atoms with E-state index in [0.29, 0.717) is 0 Å². The fourth-order valence-corrected chi connectivity index (χ4v) is 3.15. The van der Waals surface area contributed by atoms with Crippen molar-refractivity contribution in [1.82, 2.24) is 4.98 Å². The summed E-state index contributed by atoms with van der Waals surface area (Å²) in [7, 11) is 0. The molecule has 2 saturated carbocycles. The highest BCUT2D eigenvalue weighted by Gasteiger charge is 2.31. The molecule has 1 heterocycles. The lowest BCUT2D eigenvalue weighted by Gasteiger charge is -2.21. The lowest BCUT2D eigenvalue weighted by Crippen LogP contribution is -2.27. The monoisotopic (exact) mass is 286 g/mol. The number of carbonyl (C=O) groups is 1. The number of aromatic carboxylic acids is 1. The molecule has 1 aromatic rings. The molecule has 0 aromatic carbocycles. The lowest BCUT2D eigenvalue weighted by molar-refractivity contribution is 0.0702. The van der Waals surface area contributed by atoms with Crippen molar-refractivity contribution < 1.29 is 9.90 Å². The molecular formula is C12H15ClN2O2S. The van der Waals surface area contributed by atoms with Crippen molar-refractivity contribution in [3.05, 3.63) is 10.0 Å². The molecule has 6 heteroatoms. The van der Waals surface area contributed by atoms with Gasteiger partial charge in [-0.05, 0) is 37.5 Å². The highest BCUT2D eigenvalue weighted by molar-refractivity contribution is 7.18. The molecule has 4 nitrogen and oxygen atoms in total. The number of hydrogen-bond acceptors (Lipinski definition) is 4. The van der Waals surface area contributed by atoms with Gasteiger partial charge in [0.25, 0.3) is 0 Å². The van der Waals surface area contributed by atoms with Crippen molar-refractivity contribution in [2.45, 2.75) is 25.7 Å². The van der Waals surface area contributed by atoms with Crippen molar-refractivity contribution in [2.24, 2.45) is 11.8 Å². The predicted octanol–water partition coefficient (Wildman–Crippen LogP) is 3.12. The third kappa shape index (κ3) is 2.78. The normalized spacial score (nSPS) is 18.9. The predicted molar refractivity (Wildman–Crippen MR) is 71.7 cm³/mol. The van der Waals surface area contributed by atoms with Gasteiger partial charge in [-0.2, -0.15) is 0 Å². The third-order valence-corrected chi connectivity index (χ3v) is 4.88. The van der Waals surface area contributed by atoms with Crippen LogP contribution in [-0.2, 0) is 0 Å². The first-order valence-electron chi connectivity index (χ1n) is 6.28. The average molecular weight is 287 g/mol. The number of halogens is 1.